The Morgan fingerprint density at radius 1 is 0.281 bits per heavy atom. The third-order valence-electron chi connectivity index (χ3n) is 17.3. The van der Waals surface area contributed by atoms with Crippen molar-refractivity contribution in [3.8, 4) is 0 Å². The maximum absolute atomic E-state index is 12.7. The van der Waals surface area contributed by atoms with Crippen LogP contribution in [0.2, 0.25) is 0 Å². The van der Waals surface area contributed by atoms with Crippen LogP contribution in [0, 0.1) is 0 Å². The Bertz CT molecular complexity index is 1770. The van der Waals surface area contributed by atoms with Crippen molar-refractivity contribution < 1.29 is 93.6 Å². The molecule has 0 radical (unpaired) electrons. The molecule has 0 N–H and O–H groups in total. The number of phosphoric ester groups is 2. The van der Waals surface area contributed by atoms with Gasteiger partial charge >= 0.3 is 23.9 Å². The molecule has 2 unspecified atom stereocenters. The van der Waals surface area contributed by atoms with Gasteiger partial charge in [0.25, 0.3) is 15.6 Å². The molecule has 0 aromatic carbocycles. The first-order chi connectivity index (χ1) is 46.1. The third-order valence-corrected chi connectivity index (χ3v) is 19.2. The lowest BCUT2D eigenvalue weighted by Gasteiger charge is -2.28. The van der Waals surface area contributed by atoms with E-state index in [4.69, 9.17) is 46.5 Å². The van der Waals surface area contributed by atoms with E-state index in [1.165, 1.54) is 180 Å². The summed E-state index contributed by atoms with van der Waals surface area (Å²) in [6.07, 6.45) is 52.0. The third kappa shape index (κ3) is 71.8. The molecule has 0 heterocycles. The number of methoxy groups -OCH3 is 2. The van der Waals surface area contributed by atoms with E-state index in [0.29, 0.717) is 47.7 Å². The molecular weight excluding hydrogens is 1270 g/mol. The SMILES string of the molecule is COCCCCCCCCCCCC(=O)O[C@H](COC(=O)CCCCCCCCCCCCCCCCCCCCCCCCCCCCCCC(=O)OC[C@H](COP(=O)([O-])OCC[N+](C)(C)C)OC(=O)CCCCCCCCCCCOC)COP(=O)([O-])OCC[N+](C)(C)C. The summed E-state index contributed by atoms with van der Waals surface area (Å²) in [5, 5.41) is 0. The number of esters is 4. The van der Waals surface area contributed by atoms with Gasteiger partial charge in [-0.2, -0.15) is 0 Å². The zero-order chi connectivity index (χ0) is 71.0. The van der Waals surface area contributed by atoms with E-state index in [1.807, 2.05) is 42.3 Å². The van der Waals surface area contributed by atoms with Gasteiger partial charge in [0.1, 0.15) is 39.5 Å². The van der Waals surface area contributed by atoms with Crippen LogP contribution in [0.25, 0.3) is 0 Å². The monoisotopic (exact) mass is 1410 g/mol. The summed E-state index contributed by atoms with van der Waals surface area (Å²) in [6, 6.07) is 0. The fourth-order valence-electron chi connectivity index (χ4n) is 11.2. The van der Waals surface area contributed by atoms with Gasteiger partial charge in [0.05, 0.1) is 55.5 Å². The van der Waals surface area contributed by atoms with Crippen LogP contribution < -0.4 is 9.79 Å². The predicted molar refractivity (Wildman–Crippen MR) is 381 cm³/mol. The second-order valence-corrected chi connectivity index (χ2v) is 31.8. The van der Waals surface area contributed by atoms with E-state index in [-0.39, 0.29) is 52.1 Å². The van der Waals surface area contributed by atoms with E-state index in [1.54, 1.807) is 14.2 Å². The Morgan fingerprint density at radius 3 is 0.688 bits per heavy atom. The first-order valence-corrected chi connectivity index (χ1v) is 41.5. The van der Waals surface area contributed by atoms with Crippen LogP contribution in [0.1, 0.15) is 321 Å². The zero-order valence-corrected chi connectivity index (χ0v) is 64.5. The lowest BCUT2D eigenvalue weighted by atomic mass is 10.0. The van der Waals surface area contributed by atoms with Gasteiger partial charge in [-0.3, -0.25) is 28.3 Å². The lowest BCUT2D eigenvalue weighted by molar-refractivity contribution is -0.870. The topological polar surface area (TPSA) is 241 Å². The molecule has 570 valence electrons. The molecule has 0 saturated heterocycles. The van der Waals surface area contributed by atoms with Crippen molar-refractivity contribution in [3.63, 3.8) is 0 Å². The maximum atomic E-state index is 12.7. The van der Waals surface area contributed by atoms with E-state index in [9.17, 15) is 38.1 Å². The summed E-state index contributed by atoms with van der Waals surface area (Å²) in [5.41, 5.74) is 0. The van der Waals surface area contributed by atoms with E-state index >= 15 is 0 Å². The van der Waals surface area contributed by atoms with Crippen LogP contribution in [0.3, 0.4) is 0 Å². The Morgan fingerprint density at radius 2 is 0.479 bits per heavy atom. The number of phosphoric acid groups is 2. The summed E-state index contributed by atoms with van der Waals surface area (Å²) < 4.78 is 78.4. The molecule has 0 aromatic rings. The zero-order valence-electron chi connectivity index (χ0n) is 62.7. The van der Waals surface area contributed by atoms with E-state index in [0.717, 1.165) is 103 Å². The van der Waals surface area contributed by atoms with Gasteiger partial charge in [0, 0.05) is 53.1 Å². The minimum Gasteiger partial charge on any atom is -0.756 e. The Labute approximate surface area is 586 Å². The van der Waals surface area contributed by atoms with Gasteiger partial charge in [-0.15, -0.1) is 0 Å². The van der Waals surface area contributed by atoms with Crippen LogP contribution in [0.5, 0.6) is 0 Å². The molecule has 20 nitrogen and oxygen atoms in total. The Hall–Kier alpha value is -2.06. The van der Waals surface area contributed by atoms with Crippen molar-refractivity contribution in [2.75, 3.05) is 122 Å². The van der Waals surface area contributed by atoms with E-state index < -0.39 is 64.9 Å². The number of hydrogen-bond acceptors (Lipinski definition) is 18. The lowest BCUT2D eigenvalue weighted by Crippen LogP contribution is -2.37. The number of likely N-dealkylation sites (N-methyl/N-ethyl adjacent to an activating group) is 2. The summed E-state index contributed by atoms with van der Waals surface area (Å²) in [6.45, 7) is 0.928. The summed E-state index contributed by atoms with van der Waals surface area (Å²) in [7, 11) is 5.70. The normalized spacial score (nSPS) is 13.9. The van der Waals surface area contributed by atoms with Crippen molar-refractivity contribution in [1.29, 1.82) is 0 Å². The van der Waals surface area contributed by atoms with Gasteiger partial charge in [-0.1, -0.05) is 257 Å². The van der Waals surface area contributed by atoms with Crippen molar-refractivity contribution in [2.45, 2.75) is 333 Å². The van der Waals surface area contributed by atoms with Crippen LogP contribution >= 0.6 is 15.6 Å². The maximum Gasteiger partial charge on any atom is 0.306 e. The molecule has 22 heteroatoms. The smallest absolute Gasteiger partial charge is 0.306 e. The molecule has 0 aromatic heterocycles. The van der Waals surface area contributed by atoms with Crippen molar-refractivity contribution >= 4 is 39.5 Å². The fourth-order valence-corrected chi connectivity index (χ4v) is 12.6. The highest BCUT2D eigenvalue weighted by molar-refractivity contribution is 7.46. The average molecular weight is 1410 g/mol. The minimum atomic E-state index is -4.65. The standard InChI is InChI=1S/C74H146N2O18P2/c1-75(2,3)59-63-89-95(81,82)91-67-69(93-73(79)57-51-45-39-33-29-35-41-47-53-61-85-7)65-87-71(77)55-49-43-37-31-27-25-23-21-19-17-15-13-11-9-10-12-14-16-18-20-22-24-26-28-32-38-44-50-56-72(78)88-66-70(68-92-96(83,84)90-64-60-76(4,5)6)94-74(80)58-52-46-40-34-30-36-42-48-54-62-86-8/h69-70H,9-68H2,1-8H3/t69-,70-/m1/s1. The number of quaternary nitrogens is 2. The summed E-state index contributed by atoms with van der Waals surface area (Å²) >= 11 is 0. The fraction of sp³-hybridized carbons (Fsp3) is 0.946. The highest BCUT2D eigenvalue weighted by Gasteiger charge is 2.24. The predicted octanol–water partition coefficient (Wildman–Crippen LogP) is 17.1. The molecule has 96 heavy (non-hydrogen) atoms. The summed E-state index contributed by atoms with van der Waals surface area (Å²) in [5.74, 6) is -1.74. The molecule has 0 aliphatic carbocycles. The van der Waals surface area contributed by atoms with E-state index in [2.05, 4.69) is 0 Å². The average Bonchev–Trinajstić information content (AvgIpc) is 1.41. The Balaban J connectivity index is 4.02. The Kier molecular flexibility index (Phi) is 63.6. The number of carbonyl (C=O) groups is 4. The van der Waals surface area contributed by atoms with Crippen LogP contribution in [-0.2, 0) is 74.8 Å². The first-order valence-electron chi connectivity index (χ1n) is 38.6. The van der Waals surface area contributed by atoms with Gasteiger partial charge < -0.3 is 65.3 Å². The molecule has 0 spiro atoms. The largest absolute Gasteiger partial charge is 0.756 e. The number of rotatable bonds is 75. The highest BCUT2D eigenvalue weighted by Crippen LogP contribution is 2.39. The number of ether oxygens (including phenoxy) is 6. The van der Waals surface area contributed by atoms with Gasteiger partial charge in [0.2, 0.25) is 0 Å². The quantitative estimate of drug-likeness (QED) is 0.0181. The second-order valence-electron chi connectivity index (χ2n) is 29.0. The number of nitrogens with zero attached hydrogens (tertiary/aromatic N) is 2. The summed E-state index contributed by atoms with van der Waals surface area (Å²) in [4.78, 5) is 75.7. The molecule has 0 aliphatic heterocycles. The van der Waals surface area contributed by atoms with Gasteiger partial charge in [0.15, 0.2) is 12.2 Å². The molecule has 0 bridgehead atoms. The number of hydrogen-bond donors (Lipinski definition) is 0. The number of carbonyl (C=O) groups excluding carboxylic acids is 4. The van der Waals surface area contributed by atoms with Crippen LogP contribution in [0.15, 0.2) is 0 Å². The first kappa shape index (κ1) is 93.9. The molecule has 0 saturated carbocycles. The molecule has 0 rings (SSSR count). The molecule has 4 atom stereocenters. The van der Waals surface area contributed by atoms with Gasteiger partial charge in [-0.05, 0) is 38.5 Å². The van der Waals surface area contributed by atoms with Crippen LogP contribution in [-0.4, -0.2) is 168 Å². The molecule has 0 amide bonds. The molecule has 0 aliphatic rings. The van der Waals surface area contributed by atoms with Crippen LogP contribution in [0.4, 0.5) is 0 Å². The second kappa shape index (κ2) is 65.0. The van der Waals surface area contributed by atoms with Gasteiger partial charge in [-0.25, -0.2) is 0 Å². The molecular formula is C74H146N2O18P2. The molecule has 0 fully saturated rings. The number of unbranched alkanes of at least 4 members (excludes halogenated alkanes) is 43. The van der Waals surface area contributed by atoms with Crippen molar-refractivity contribution in [1.82, 2.24) is 0 Å². The van der Waals surface area contributed by atoms with Crippen molar-refractivity contribution in [3.05, 3.63) is 0 Å². The highest BCUT2D eigenvalue weighted by atomic mass is 31.2. The van der Waals surface area contributed by atoms with Crippen molar-refractivity contribution in [2.24, 2.45) is 0 Å². The minimum absolute atomic E-state index is 0.0463.